The lowest BCUT2D eigenvalue weighted by Gasteiger charge is -2.10. The van der Waals surface area contributed by atoms with Crippen molar-refractivity contribution in [2.75, 3.05) is 12.4 Å². The number of carbonyl (C=O) groups excluding carboxylic acids is 1. The minimum atomic E-state index is -4.43. The summed E-state index contributed by atoms with van der Waals surface area (Å²) < 4.78 is 45.4. The van der Waals surface area contributed by atoms with Gasteiger partial charge in [0, 0.05) is 17.6 Å². The summed E-state index contributed by atoms with van der Waals surface area (Å²) in [5.74, 6) is 0.148. The second-order valence-corrected chi connectivity index (χ2v) is 9.15. The molecule has 0 atom stereocenters. The number of alkyl halides is 3. The molecule has 0 amide bonds. The Labute approximate surface area is 213 Å². The van der Waals surface area contributed by atoms with Crippen molar-refractivity contribution in [3.05, 3.63) is 81.4 Å². The highest BCUT2D eigenvalue weighted by molar-refractivity contribution is 7.22. The maximum absolute atomic E-state index is 13.1. The van der Waals surface area contributed by atoms with E-state index in [1.54, 1.807) is 32.2 Å². The number of halogens is 4. The van der Waals surface area contributed by atoms with E-state index >= 15 is 0 Å². The number of nitrogens with zero attached hydrogens (tertiary/aromatic N) is 1. The summed E-state index contributed by atoms with van der Waals surface area (Å²) in [6, 6.07) is 11.7. The molecule has 0 spiro atoms. The van der Waals surface area contributed by atoms with Gasteiger partial charge in [0.15, 0.2) is 11.4 Å². The molecule has 0 bridgehead atoms. The van der Waals surface area contributed by atoms with Crippen molar-refractivity contribution in [1.29, 1.82) is 0 Å². The van der Waals surface area contributed by atoms with Crippen LogP contribution in [-0.2, 0) is 24.1 Å². The molecular formula is C25H22ClF3N2O4S. The Bertz CT molecular complexity index is 1360. The Morgan fingerprint density at radius 2 is 1.81 bits per heavy atom. The number of benzene rings is 3. The average molecular weight is 539 g/mol. The molecule has 0 aliphatic carbocycles. The van der Waals surface area contributed by atoms with Crippen LogP contribution in [-0.4, -0.2) is 28.5 Å². The first kappa shape index (κ1) is 27.3. The third-order valence-corrected chi connectivity index (χ3v) is 6.24. The second-order valence-electron chi connectivity index (χ2n) is 7.69. The number of fused-ring (bicyclic) bond motifs is 1. The number of rotatable bonds is 6. The number of anilines is 1. The Morgan fingerprint density at radius 3 is 2.42 bits per heavy atom. The molecule has 0 saturated heterocycles. The maximum Gasteiger partial charge on any atom is 0.416 e. The number of nitrogens with one attached hydrogen (secondary N) is 1. The van der Waals surface area contributed by atoms with E-state index in [0.717, 1.165) is 17.7 Å². The third-order valence-electron chi connectivity index (χ3n) is 5.00. The Balaban J connectivity index is 0.000000275. The molecule has 4 rings (SSSR count). The fourth-order valence-corrected chi connectivity index (χ4v) is 4.39. The summed E-state index contributed by atoms with van der Waals surface area (Å²) in [7, 11) is 1.67. The summed E-state index contributed by atoms with van der Waals surface area (Å²) in [5, 5.41) is 22.3. The molecule has 36 heavy (non-hydrogen) atoms. The third kappa shape index (κ3) is 6.87. The molecule has 6 nitrogen and oxygen atoms in total. The molecule has 0 aliphatic rings. The molecule has 3 N–H and O–H groups in total. The first-order chi connectivity index (χ1) is 17.0. The fourth-order valence-electron chi connectivity index (χ4n) is 3.20. The minimum absolute atomic E-state index is 0.00407. The van der Waals surface area contributed by atoms with E-state index < -0.39 is 11.7 Å². The van der Waals surface area contributed by atoms with E-state index in [1.165, 1.54) is 29.5 Å². The van der Waals surface area contributed by atoms with Crippen molar-refractivity contribution in [1.82, 2.24) is 4.98 Å². The highest BCUT2D eigenvalue weighted by atomic mass is 35.5. The van der Waals surface area contributed by atoms with E-state index in [-0.39, 0.29) is 30.3 Å². The smallest absolute Gasteiger partial charge is 0.416 e. The lowest BCUT2D eigenvalue weighted by molar-refractivity contribution is -0.137. The summed E-state index contributed by atoms with van der Waals surface area (Å²) in [5.41, 5.74) is 1.84. The highest BCUT2D eigenvalue weighted by Gasteiger charge is 2.32. The van der Waals surface area contributed by atoms with Gasteiger partial charge in [-0.05, 0) is 54.4 Å². The van der Waals surface area contributed by atoms with Crippen molar-refractivity contribution in [2.24, 2.45) is 0 Å². The molecular weight excluding hydrogens is 517 g/mol. The van der Waals surface area contributed by atoms with Gasteiger partial charge in [0.05, 0.1) is 34.6 Å². The molecule has 190 valence electrons. The largest absolute Gasteiger partial charge is 0.508 e. The predicted octanol–water partition coefficient (Wildman–Crippen LogP) is 6.95. The summed E-state index contributed by atoms with van der Waals surface area (Å²) >= 11 is 6.80. The number of carbonyl (C=O) groups is 1. The van der Waals surface area contributed by atoms with Gasteiger partial charge >= 0.3 is 6.18 Å². The normalized spacial score (nSPS) is 11.2. The summed E-state index contributed by atoms with van der Waals surface area (Å²) in [6.07, 6.45) is -3.85. The van der Waals surface area contributed by atoms with Gasteiger partial charge < -0.3 is 20.3 Å². The van der Waals surface area contributed by atoms with Crippen LogP contribution in [0.5, 0.6) is 11.5 Å². The number of aryl methyl sites for hydroxylation is 1. The number of phenols is 2. The van der Waals surface area contributed by atoms with E-state index in [4.69, 9.17) is 16.3 Å². The van der Waals surface area contributed by atoms with Crippen molar-refractivity contribution in [2.45, 2.75) is 26.3 Å². The van der Waals surface area contributed by atoms with Gasteiger partial charge in [0.25, 0.3) is 0 Å². The van der Waals surface area contributed by atoms with Gasteiger partial charge in [-0.25, -0.2) is 4.98 Å². The zero-order chi connectivity index (χ0) is 26.5. The Hall–Kier alpha value is -3.34. The summed E-state index contributed by atoms with van der Waals surface area (Å²) in [4.78, 5) is 14.6. The first-order valence-electron chi connectivity index (χ1n) is 10.5. The lowest BCUT2D eigenvalue weighted by atomic mass is 10.1. The number of aromatic nitrogens is 1. The monoisotopic (exact) mass is 538 g/mol. The standard InChI is InChI=1S/C17H15F3N2O2S.C8H7ClO2/c1-21-16-22-15-11(6-12(17(18,19)20)7-14(15)25-16)9-24-8-10-2-4-13(23)5-3-10;1-5-2-7(9)3-6(4-10)8(5)11/h2-7,23H,8-9H2,1H3,(H,21,22);2-4,11H,1H3. The van der Waals surface area contributed by atoms with Crippen LogP contribution in [0.2, 0.25) is 5.02 Å². The number of ether oxygens (including phenoxy) is 1. The van der Waals surface area contributed by atoms with Crippen LogP contribution in [0.15, 0.2) is 48.5 Å². The zero-order valence-corrected chi connectivity index (χ0v) is 20.8. The van der Waals surface area contributed by atoms with Crippen molar-refractivity contribution >= 4 is 44.6 Å². The lowest BCUT2D eigenvalue weighted by Crippen LogP contribution is -2.06. The molecule has 0 unspecified atom stereocenters. The van der Waals surface area contributed by atoms with E-state index in [1.807, 2.05) is 0 Å². The van der Waals surface area contributed by atoms with Gasteiger partial charge in [-0.2, -0.15) is 13.2 Å². The number of hydrogen-bond acceptors (Lipinski definition) is 7. The van der Waals surface area contributed by atoms with Crippen molar-refractivity contribution < 1.29 is 32.9 Å². The summed E-state index contributed by atoms with van der Waals surface area (Å²) in [6.45, 7) is 1.92. The quantitative estimate of drug-likeness (QED) is 0.230. The Morgan fingerprint density at radius 1 is 1.11 bits per heavy atom. The van der Waals surface area contributed by atoms with Crippen LogP contribution in [0.3, 0.4) is 0 Å². The number of phenolic OH excluding ortho intramolecular Hbond substituents is 2. The van der Waals surface area contributed by atoms with Crippen molar-refractivity contribution in [3.63, 3.8) is 0 Å². The number of aldehydes is 1. The topological polar surface area (TPSA) is 91.7 Å². The average Bonchev–Trinajstić information content (AvgIpc) is 3.26. The number of hydrogen-bond donors (Lipinski definition) is 3. The highest BCUT2D eigenvalue weighted by Crippen LogP contribution is 2.36. The molecule has 1 aromatic heterocycles. The van der Waals surface area contributed by atoms with Crippen molar-refractivity contribution in [3.8, 4) is 11.5 Å². The molecule has 0 saturated carbocycles. The van der Waals surface area contributed by atoms with Crippen LogP contribution in [0.1, 0.15) is 32.6 Å². The molecule has 11 heteroatoms. The van der Waals surface area contributed by atoms with Gasteiger partial charge in [0.2, 0.25) is 0 Å². The SMILES string of the molecule is CNc1nc2c(COCc3ccc(O)cc3)cc(C(F)(F)F)cc2s1.Cc1cc(Cl)cc(C=O)c1O. The van der Waals surface area contributed by atoms with E-state index in [2.05, 4.69) is 10.3 Å². The van der Waals surface area contributed by atoms with E-state index in [9.17, 15) is 28.2 Å². The zero-order valence-electron chi connectivity index (χ0n) is 19.2. The molecule has 0 radical (unpaired) electrons. The van der Waals surface area contributed by atoms with E-state index in [0.29, 0.717) is 37.8 Å². The van der Waals surface area contributed by atoms with Crippen LogP contribution in [0.4, 0.5) is 18.3 Å². The molecule has 3 aromatic carbocycles. The van der Waals surface area contributed by atoms with Crippen LogP contribution in [0.25, 0.3) is 10.2 Å². The van der Waals surface area contributed by atoms with Gasteiger partial charge in [-0.15, -0.1) is 0 Å². The molecule has 0 fully saturated rings. The molecule has 0 aliphatic heterocycles. The number of thiazole rings is 1. The number of aromatic hydroxyl groups is 2. The predicted molar refractivity (Wildman–Crippen MR) is 134 cm³/mol. The minimum Gasteiger partial charge on any atom is -0.508 e. The molecule has 4 aromatic rings. The fraction of sp³-hybridized carbons (Fsp3) is 0.200. The Kier molecular flexibility index (Phi) is 8.78. The molecule has 1 heterocycles. The first-order valence-corrected chi connectivity index (χ1v) is 11.7. The van der Waals surface area contributed by atoms with Gasteiger partial charge in [-0.3, -0.25) is 4.79 Å². The second kappa shape index (κ2) is 11.6. The van der Waals surface area contributed by atoms with Crippen LogP contribution in [0, 0.1) is 6.92 Å². The van der Waals surface area contributed by atoms with Gasteiger partial charge in [-0.1, -0.05) is 35.1 Å². The van der Waals surface area contributed by atoms with Crippen LogP contribution >= 0.6 is 22.9 Å². The van der Waals surface area contributed by atoms with Crippen LogP contribution < -0.4 is 5.32 Å². The van der Waals surface area contributed by atoms with Gasteiger partial charge in [0.1, 0.15) is 11.5 Å². The maximum atomic E-state index is 13.1.